The highest BCUT2D eigenvalue weighted by atomic mass is 35.5. The highest BCUT2D eigenvalue weighted by molar-refractivity contribution is 7.82. The lowest BCUT2D eigenvalue weighted by atomic mass is 10.3. The average molecular weight is 221 g/mol. The molecule has 0 saturated heterocycles. The van der Waals surface area contributed by atoms with Gasteiger partial charge in [-0.3, -0.25) is 10.1 Å². The summed E-state index contributed by atoms with van der Waals surface area (Å²) in [6, 6.07) is 3.61. The van der Waals surface area contributed by atoms with Gasteiger partial charge in [0.1, 0.15) is 11.0 Å². The fourth-order valence-electron chi connectivity index (χ4n) is 0.760. The van der Waals surface area contributed by atoms with E-state index < -0.39 is 15.9 Å². The van der Waals surface area contributed by atoms with Crippen molar-refractivity contribution in [2.75, 3.05) is 0 Å². The van der Waals surface area contributed by atoms with Gasteiger partial charge in [-0.25, -0.2) is 9.35 Å². The fourth-order valence-corrected chi connectivity index (χ4v) is 1.60. The van der Waals surface area contributed by atoms with Gasteiger partial charge in [-0.2, -0.15) is 0 Å². The van der Waals surface area contributed by atoms with Crippen molar-refractivity contribution in [2.45, 2.75) is 4.90 Å². The number of benzene rings is 1. The molecule has 0 aliphatic rings. The summed E-state index contributed by atoms with van der Waals surface area (Å²) in [6.07, 6.45) is 0. The first-order valence-corrected chi connectivity index (χ1v) is 4.71. The molecule has 1 aromatic carbocycles. The Morgan fingerprint density at radius 3 is 2.62 bits per heavy atom. The van der Waals surface area contributed by atoms with Gasteiger partial charge in [-0.15, -0.1) is 0 Å². The number of non-ortho nitro benzene ring substituents is 1. The Labute approximate surface area is 81.2 Å². The number of hydrogen-bond donors (Lipinski definition) is 1. The molecule has 0 aliphatic carbocycles. The van der Waals surface area contributed by atoms with Crippen LogP contribution in [-0.2, 0) is 11.0 Å². The third-order valence-electron chi connectivity index (χ3n) is 1.34. The molecule has 1 rings (SSSR count). The van der Waals surface area contributed by atoms with E-state index in [4.69, 9.17) is 16.7 Å². The van der Waals surface area contributed by atoms with Crippen LogP contribution in [0.3, 0.4) is 0 Å². The van der Waals surface area contributed by atoms with Crippen LogP contribution >= 0.6 is 11.6 Å². The first-order chi connectivity index (χ1) is 6.02. The van der Waals surface area contributed by atoms with E-state index in [-0.39, 0.29) is 15.6 Å². The van der Waals surface area contributed by atoms with E-state index in [1.807, 2.05) is 0 Å². The molecule has 0 heterocycles. The van der Waals surface area contributed by atoms with E-state index in [1.54, 1.807) is 0 Å². The number of nitrogens with two attached hydrogens (primary N) is 1. The SMILES string of the molecule is NS(=O)c1cc([N+](=O)[O-])ccc1Cl. The topological polar surface area (TPSA) is 86.2 Å². The minimum absolute atomic E-state index is 0.0656. The van der Waals surface area contributed by atoms with E-state index in [2.05, 4.69) is 0 Å². The lowest BCUT2D eigenvalue weighted by Crippen LogP contribution is -2.03. The van der Waals surface area contributed by atoms with Gasteiger partial charge in [0.25, 0.3) is 5.69 Å². The maximum atomic E-state index is 10.8. The second-order valence-electron chi connectivity index (χ2n) is 2.17. The van der Waals surface area contributed by atoms with Crippen LogP contribution < -0.4 is 5.14 Å². The third-order valence-corrected chi connectivity index (χ3v) is 2.56. The van der Waals surface area contributed by atoms with Gasteiger partial charge >= 0.3 is 0 Å². The molecule has 2 N–H and O–H groups in total. The molecule has 1 aromatic rings. The quantitative estimate of drug-likeness (QED) is 0.601. The van der Waals surface area contributed by atoms with Gasteiger partial charge in [-0.1, -0.05) is 11.6 Å². The Bertz CT molecular complexity index is 382. The van der Waals surface area contributed by atoms with Gasteiger partial charge in [0, 0.05) is 12.1 Å². The highest BCUT2D eigenvalue weighted by Crippen LogP contribution is 2.23. The van der Waals surface area contributed by atoms with E-state index in [9.17, 15) is 14.3 Å². The van der Waals surface area contributed by atoms with Crippen LogP contribution in [-0.4, -0.2) is 9.13 Å². The minimum atomic E-state index is -1.80. The molecule has 0 saturated carbocycles. The Balaban J connectivity index is 3.27. The van der Waals surface area contributed by atoms with Crippen LogP contribution in [0, 0.1) is 10.1 Å². The number of nitro benzene ring substituents is 1. The lowest BCUT2D eigenvalue weighted by Gasteiger charge is -1.98. The normalized spacial score (nSPS) is 12.5. The molecule has 0 aliphatic heterocycles. The molecule has 70 valence electrons. The zero-order valence-corrected chi connectivity index (χ0v) is 7.84. The first-order valence-electron chi connectivity index (χ1n) is 3.12. The molecular formula is C6H5ClN2O3S. The largest absolute Gasteiger partial charge is 0.270 e. The molecule has 13 heavy (non-hydrogen) atoms. The molecule has 5 nitrogen and oxygen atoms in total. The summed E-state index contributed by atoms with van der Waals surface area (Å²) in [5, 5.41) is 15.5. The van der Waals surface area contributed by atoms with Crippen molar-refractivity contribution in [3.8, 4) is 0 Å². The second-order valence-corrected chi connectivity index (χ2v) is 3.61. The fraction of sp³-hybridized carbons (Fsp3) is 0. The standard InChI is InChI=1S/C6H5ClN2O3S/c7-5-2-1-4(9(10)11)3-6(5)13(8)12/h1-3H,8H2. The molecule has 1 unspecified atom stereocenters. The summed E-state index contributed by atoms with van der Waals surface area (Å²) in [4.78, 5) is 9.77. The van der Waals surface area contributed by atoms with Gasteiger partial charge < -0.3 is 0 Å². The first kappa shape index (κ1) is 10.1. The maximum Gasteiger partial charge on any atom is 0.270 e. The molecule has 0 spiro atoms. The smallest absolute Gasteiger partial charge is 0.258 e. The number of halogens is 1. The van der Waals surface area contributed by atoms with Crippen LogP contribution in [0.5, 0.6) is 0 Å². The number of nitrogens with zero attached hydrogens (tertiary/aromatic N) is 1. The van der Waals surface area contributed by atoms with Crippen molar-refractivity contribution >= 4 is 28.3 Å². The van der Waals surface area contributed by atoms with Crippen molar-refractivity contribution in [3.05, 3.63) is 33.3 Å². The number of rotatable bonds is 2. The molecule has 0 bridgehead atoms. The van der Waals surface area contributed by atoms with Crippen LogP contribution in [0.4, 0.5) is 5.69 Å². The van der Waals surface area contributed by atoms with Crippen molar-refractivity contribution in [1.29, 1.82) is 0 Å². The van der Waals surface area contributed by atoms with Gasteiger partial charge in [-0.05, 0) is 6.07 Å². The van der Waals surface area contributed by atoms with Crippen molar-refractivity contribution < 1.29 is 9.13 Å². The van der Waals surface area contributed by atoms with Crippen LogP contribution in [0.2, 0.25) is 5.02 Å². The summed E-state index contributed by atoms with van der Waals surface area (Å²) < 4.78 is 10.8. The summed E-state index contributed by atoms with van der Waals surface area (Å²) in [5.41, 5.74) is -0.182. The van der Waals surface area contributed by atoms with Crippen LogP contribution in [0.15, 0.2) is 23.1 Å². The van der Waals surface area contributed by atoms with Crippen LogP contribution in [0.1, 0.15) is 0 Å². The van der Waals surface area contributed by atoms with E-state index in [0.29, 0.717) is 0 Å². The van der Waals surface area contributed by atoms with Crippen molar-refractivity contribution in [1.82, 2.24) is 0 Å². The maximum absolute atomic E-state index is 10.8. The summed E-state index contributed by atoms with van der Waals surface area (Å²) >= 11 is 5.60. The molecule has 0 radical (unpaired) electrons. The Morgan fingerprint density at radius 2 is 2.15 bits per heavy atom. The minimum Gasteiger partial charge on any atom is -0.258 e. The second kappa shape index (κ2) is 3.82. The molecular weight excluding hydrogens is 216 g/mol. The zero-order chi connectivity index (χ0) is 10.0. The number of hydrogen-bond acceptors (Lipinski definition) is 3. The number of nitro groups is 1. The summed E-state index contributed by atoms with van der Waals surface area (Å²) in [7, 11) is -1.80. The average Bonchev–Trinajstić information content (AvgIpc) is 2.04. The molecule has 1 atom stereocenters. The monoisotopic (exact) mass is 220 g/mol. The van der Waals surface area contributed by atoms with E-state index in [1.165, 1.54) is 12.1 Å². The Kier molecular flexibility index (Phi) is 2.97. The van der Waals surface area contributed by atoms with Gasteiger partial charge in [0.2, 0.25) is 0 Å². The summed E-state index contributed by atoms with van der Waals surface area (Å²) in [5.74, 6) is 0. The van der Waals surface area contributed by atoms with Crippen molar-refractivity contribution in [3.63, 3.8) is 0 Å². The molecule has 7 heteroatoms. The molecule has 0 amide bonds. The van der Waals surface area contributed by atoms with Gasteiger partial charge in [0.15, 0.2) is 0 Å². The predicted octanol–water partition coefficient (Wildman–Crippen LogP) is 1.23. The summed E-state index contributed by atoms with van der Waals surface area (Å²) in [6.45, 7) is 0. The van der Waals surface area contributed by atoms with E-state index in [0.717, 1.165) is 6.07 Å². The third kappa shape index (κ3) is 2.24. The highest BCUT2D eigenvalue weighted by Gasteiger charge is 2.11. The zero-order valence-electron chi connectivity index (χ0n) is 6.27. The Hall–Kier alpha value is -0.980. The van der Waals surface area contributed by atoms with Crippen molar-refractivity contribution in [2.24, 2.45) is 5.14 Å². The molecule has 0 fully saturated rings. The predicted molar refractivity (Wildman–Crippen MR) is 48.7 cm³/mol. The van der Waals surface area contributed by atoms with Gasteiger partial charge in [0.05, 0.1) is 14.8 Å². The Morgan fingerprint density at radius 1 is 1.54 bits per heavy atom. The molecule has 0 aromatic heterocycles. The van der Waals surface area contributed by atoms with Crippen LogP contribution in [0.25, 0.3) is 0 Å². The lowest BCUT2D eigenvalue weighted by molar-refractivity contribution is -0.385. The van der Waals surface area contributed by atoms with E-state index >= 15 is 0 Å².